The Morgan fingerprint density at radius 3 is 2.59 bits per heavy atom. The van der Waals surface area contributed by atoms with Crippen LogP contribution in [0.2, 0.25) is 0 Å². The van der Waals surface area contributed by atoms with Gasteiger partial charge in [0.05, 0.1) is 23.9 Å². The highest BCUT2D eigenvalue weighted by molar-refractivity contribution is 7.90. The molecule has 1 aliphatic rings. The normalized spacial score (nSPS) is 17.9. The van der Waals surface area contributed by atoms with Crippen LogP contribution in [0, 0.1) is 5.41 Å². The zero-order valence-electron chi connectivity index (χ0n) is 12.8. The van der Waals surface area contributed by atoms with Crippen molar-refractivity contribution in [1.82, 2.24) is 10.3 Å². The number of sulfone groups is 1. The van der Waals surface area contributed by atoms with Gasteiger partial charge in [0.2, 0.25) is 5.91 Å². The van der Waals surface area contributed by atoms with Gasteiger partial charge in [-0.25, -0.2) is 13.4 Å². The number of carbonyl (C=O) groups excluding carboxylic acids is 1. The standard InChI is InChI=1S/C14H21N3O4S/c1-21-10-14(5-7-15-8-6-14)13(18)17-11-3-4-12(16-9-11)22(2,19)20/h3-4,9,15H,5-8,10H2,1-2H3,(H,17,18). The number of ether oxygens (including phenoxy) is 1. The summed E-state index contributed by atoms with van der Waals surface area (Å²) in [5.74, 6) is -0.121. The monoisotopic (exact) mass is 327 g/mol. The molecule has 22 heavy (non-hydrogen) atoms. The van der Waals surface area contributed by atoms with Gasteiger partial charge in [-0.05, 0) is 38.1 Å². The van der Waals surface area contributed by atoms with Crippen LogP contribution in [-0.2, 0) is 19.4 Å². The highest BCUT2D eigenvalue weighted by atomic mass is 32.2. The number of hydrogen-bond acceptors (Lipinski definition) is 6. The van der Waals surface area contributed by atoms with Gasteiger partial charge in [-0.3, -0.25) is 4.79 Å². The van der Waals surface area contributed by atoms with Gasteiger partial charge in [-0.2, -0.15) is 0 Å². The predicted octanol–water partition coefficient (Wildman–Crippen LogP) is 0.440. The van der Waals surface area contributed by atoms with Gasteiger partial charge < -0.3 is 15.4 Å². The molecule has 0 spiro atoms. The summed E-state index contributed by atoms with van der Waals surface area (Å²) in [5.41, 5.74) is -0.0819. The Hall–Kier alpha value is -1.51. The molecule has 7 nitrogen and oxygen atoms in total. The lowest BCUT2D eigenvalue weighted by atomic mass is 9.78. The maximum Gasteiger partial charge on any atom is 0.233 e. The van der Waals surface area contributed by atoms with E-state index in [-0.39, 0.29) is 10.9 Å². The van der Waals surface area contributed by atoms with E-state index in [1.807, 2.05) is 0 Å². The van der Waals surface area contributed by atoms with E-state index in [0.717, 1.165) is 19.3 Å². The van der Waals surface area contributed by atoms with Crippen LogP contribution in [0.3, 0.4) is 0 Å². The quantitative estimate of drug-likeness (QED) is 0.814. The van der Waals surface area contributed by atoms with Crippen molar-refractivity contribution in [3.05, 3.63) is 18.3 Å². The fraction of sp³-hybridized carbons (Fsp3) is 0.571. The molecular formula is C14H21N3O4S. The molecule has 0 aromatic carbocycles. The van der Waals surface area contributed by atoms with Gasteiger partial charge in [0, 0.05) is 13.4 Å². The second-order valence-electron chi connectivity index (χ2n) is 5.57. The molecular weight excluding hydrogens is 306 g/mol. The summed E-state index contributed by atoms with van der Waals surface area (Å²) in [6.07, 6.45) is 3.84. The molecule has 122 valence electrons. The molecule has 2 N–H and O–H groups in total. The molecule has 8 heteroatoms. The Labute approximate surface area is 130 Å². The van der Waals surface area contributed by atoms with Gasteiger partial charge in [-0.15, -0.1) is 0 Å². The molecule has 0 bridgehead atoms. The summed E-state index contributed by atoms with van der Waals surface area (Å²) in [6, 6.07) is 2.93. The summed E-state index contributed by atoms with van der Waals surface area (Å²) >= 11 is 0. The second-order valence-corrected chi connectivity index (χ2v) is 7.54. The third-order valence-electron chi connectivity index (χ3n) is 3.84. The Morgan fingerprint density at radius 1 is 1.41 bits per heavy atom. The van der Waals surface area contributed by atoms with Crippen molar-refractivity contribution < 1.29 is 17.9 Å². The maximum absolute atomic E-state index is 12.6. The third-order valence-corrected chi connectivity index (χ3v) is 4.84. The van der Waals surface area contributed by atoms with Gasteiger partial charge in [-0.1, -0.05) is 0 Å². The first-order valence-corrected chi connectivity index (χ1v) is 8.94. The minimum atomic E-state index is -3.34. The predicted molar refractivity (Wildman–Crippen MR) is 82.4 cm³/mol. The van der Waals surface area contributed by atoms with Crippen LogP contribution < -0.4 is 10.6 Å². The first-order valence-electron chi connectivity index (χ1n) is 7.05. The van der Waals surface area contributed by atoms with Crippen molar-refractivity contribution in [2.24, 2.45) is 5.41 Å². The number of aromatic nitrogens is 1. The molecule has 0 saturated carbocycles. The smallest absolute Gasteiger partial charge is 0.233 e. The van der Waals surface area contributed by atoms with Crippen LogP contribution in [0.4, 0.5) is 5.69 Å². The highest BCUT2D eigenvalue weighted by Gasteiger charge is 2.39. The Balaban J connectivity index is 2.13. The van der Waals surface area contributed by atoms with Crippen molar-refractivity contribution in [2.75, 3.05) is 38.4 Å². The fourth-order valence-electron chi connectivity index (χ4n) is 2.56. The minimum absolute atomic E-state index is 0.0148. The maximum atomic E-state index is 12.6. The first kappa shape index (κ1) is 16.9. The van der Waals surface area contributed by atoms with Crippen molar-refractivity contribution in [3.8, 4) is 0 Å². The van der Waals surface area contributed by atoms with E-state index in [4.69, 9.17) is 4.74 Å². The summed E-state index contributed by atoms with van der Waals surface area (Å²) in [5, 5.41) is 6.02. The summed E-state index contributed by atoms with van der Waals surface area (Å²) < 4.78 is 28.0. The van der Waals surface area contributed by atoms with Gasteiger partial charge in [0.25, 0.3) is 0 Å². The third kappa shape index (κ3) is 3.82. The molecule has 0 radical (unpaired) electrons. The number of anilines is 1. The van der Waals surface area contributed by atoms with E-state index in [1.54, 1.807) is 13.2 Å². The van der Waals surface area contributed by atoms with Gasteiger partial charge in [0.15, 0.2) is 14.9 Å². The Bertz CT molecular complexity index is 616. The van der Waals surface area contributed by atoms with Gasteiger partial charge in [0.1, 0.15) is 0 Å². The number of amides is 1. The second kappa shape index (κ2) is 6.72. The van der Waals surface area contributed by atoms with E-state index in [1.165, 1.54) is 12.3 Å². The number of hydrogen-bond donors (Lipinski definition) is 2. The molecule has 2 heterocycles. The van der Waals surface area contributed by atoms with Crippen LogP contribution in [0.5, 0.6) is 0 Å². The topological polar surface area (TPSA) is 97.4 Å². The molecule has 1 fully saturated rings. The average Bonchev–Trinajstić information content (AvgIpc) is 2.48. The molecule has 1 saturated heterocycles. The number of nitrogens with zero attached hydrogens (tertiary/aromatic N) is 1. The van der Waals surface area contributed by atoms with E-state index in [0.29, 0.717) is 25.1 Å². The van der Waals surface area contributed by atoms with Crippen molar-refractivity contribution in [2.45, 2.75) is 17.9 Å². The Morgan fingerprint density at radius 2 is 2.09 bits per heavy atom. The number of nitrogens with one attached hydrogen (secondary N) is 2. The SMILES string of the molecule is COCC1(C(=O)Nc2ccc(S(C)(=O)=O)nc2)CCNCC1. The lowest BCUT2D eigenvalue weighted by molar-refractivity contribution is -0.130. The lowest BCUT2D eigenvalue weighted by Gasteiger charge is -2.35. The first-order chi connectivity index (χ1) is 10.4. The molecule has 1 amide bonds. The molecule has 1 aromatic heterocycles. The number of methoxy groups -OCH3 is 1. The highest BCUT2D eigenvalue weighted by Crippen LogP contribution is 2.30. The molecule has 2 rings (SSSR count). The van der Waals surface area contributed by atoms with E-state index < -0.39 is 15.3 Å². The average molecular weight is 327 g/mol. The zero-order chi connectivity index (χ0) is 16.2. The molecule has 0 aliphatic carbocycles. The number of pyridine rings is 1. The van der Waals surface area contributed by atoms with Gasteiger partial charge >= 0.3 is 0 Å². The number of piperidine rings is 1. The summed E-state index contributed by atoms with van der Waals surface area (Å²) in [6.45, 7) is 1.89. The van der Waals surface area contributed by atoms with Crippen molar-refractivity contribution >= 4 is 21.4 Å². The zero-order valence-corrected chi connectivity index (χ0v) is 13.6. The van der Waals surface area contributed by atoms with Crippen molar-refractivity contribution in [3.63, 3.8) is 0 Å². The summed E-state index contributed by atoms with van der Waals surface area (Å²) in [7, 11) is -1.76. The number of carbonyl (C=O) groups is 1. The van der Waals surface area contributed by atoms with Crippen LogP contribution in [0.15, 0.2) is 23.4 Å². The van der Waals surface area contributed by atoms with Crippen molar-refractivity contribution in [1.29, 1.82) is 0 Å². The van der Waals surface area contributed by atoms with Crippen LogP contribution in [0.25, 0.3) is 0 Å². The lowest BCUT2D eigenvalue weighted by Crippen LogP contribution is -2.47. The molecule has 0 atom stereocenters. The molecule has 1 aromatic rings. The van der Waals surface area contributed by atoms with Crippen LogP contribution >= 0.6 is 0 Å². The molecule has 0 unspecified atom stereocenters. The fourth-order valence-corrected chi connectivity index (χ4v) is 3.12. The van der Waals surface area contributed by atoms with Crippen LogP contribution in [-0.4, -0.2) is 52.4 Å². The van der Waals surface area contributed by atoms with Crippen LogP contribution in [0.1, 0.15) is 12.8 Å². The Kier molecular flexibility index (Phi) is 5.15. The van der Waals surface area contributed by atoms with E-state index >= 15 is 0 Å². The number of rotatable bonds is 5. The van der Waals surface area contributed by atoms with E-state index in [9.17, 15) is 13.2 Å². The van der Waals surface area contributed by atoms with E-state index in [2.05, 4.69) is 15.6 Å². The summed E-state index contributed by atoms with van der Waals surface area (Å²) in [4.78, 5) is 16.5. The minimum Gasteiger partial charge on any atom is -0.384 e. The largest absolute Gasteiger partial charge is 0.384 e. The molecule has 1 aliphatic heterocycles.